The highest BCUT2D eigenvalue weighted by molar-refractivity contribution is 5.81. The van der Waals surface area contributed by atoms with E-state index in [0.29, 0.717) is 13.2 Å². The van der Waals surface area contributed by atoms with E-state index in [1.54, 1.807) is 0 Å². The molecule has 2 rings (SSSR count). The van der Waals surface area contributed by atoms with Crippen LogP contribution in [0.25, 0.3) is 0 Å². The zero-order valence-electron chi connectivity index (χ0n) is 13.0. The molecule has 5 nitrogen and oxygen atoms in total. The third-order valence-electron chi connectivity index (χ3n) is 4.09. The lowest BCUT2D eigenvalue weighted by atomic mass is 9.92. The summed E-state index contributed by atoms with van der Waals surface area (Å²) >= 11 is 0. The summed E-state index contributed by atoms with van der Waals surface area (Å²) in [7, 11) is 0. The summed E-state index contributed by atoms with van der Waals surface area (Å²) in [6.45, 7) is 12.0. The maximum atomic E-state index is 12.1. The molecule has 4 unspecified atom stereocenters. The molecule has 2 N–H and O–H groups in total. The molecule has 5 heteroatoms. The summed E-state index contributed by atoms with van der Waals surface area (Å²) in [6.07, 6.45) is 0.990. The molecule has 1 amide bonds. The van der Waals surface area contributed by atoms with Gasteiger partial charge in [0, 0.05) is 38.8 Å². The van der Waals surface area contributed by atoms with Crippen molar-refractivity contribution in [2.45, 2.75) is 39.3 Å². The van der Waals surface area contributed by atoms with Crippen molar-refractivity contribution in [1.29, 1.82) is 0 Å². The first-order chi connectivity index (χ1) is 9.54. The standard InChI is InChI=1S/C15H29N3O2/c1-11-6-12(2)9-18(8-11)10-13(3)17-15(19)14-7-16-4-5-20-14/h11-14,16H,4-10H2,1-3H3,(H,17,19). The Morgan fingerprint density at radius 3 is 2.70 bits per heavy atom. The number of amides is 1. The molecule has 2 heterocycles. The Hall–Kier alpha value is -0.650. The number of likely N-dealkylation sites (tertiary alicyclic amines) is 1. The zero-order valence-corrected chi connectivity index (χ0v) is 13.0. The molecule has 0 spiro atoms. The van der Waals surface area contributed by atoms with Crippen LogP contribution in [-0.2, 0) is 9.53 Å². The number of carbonyl (C=O) groups excluding carboxylic acids is 1. The maximum Gasteiger partial charge on any atom is 0.250 e. The Morgan fingerprint density at radius 2 is 2.10 bits per heavy atom. The monoisotopic (exact) mass is 283 g/mol. The topological polar surface area (TPSA) is 53.6 Å². The molecule has 0 aromatic carbocycles. The average Bonchev–Trinajstić information content (AvgIpc) is 2.38. The van der Waals surface area contributed by atoms with Gasteiger partial charge in [-0.2, -0.15) is 0 Å². The Labute approximate surface area is 122 Å². The summed E-state index contributed by atoms with van der Waals surface area (Å²) in [5.41, 5.74) is 0. The molecule has 20 heavy (non-hydrogen) atoms. The first-order valence-electron chi connectivity index (χ1n) is 7.89. The highest BCUT2D eigenvalue weighted by Crippen LogP contribution is 2.20. The Kier molecular flexibility index (Phi) is 5.81. The largest absolute Gasteiger partial charge is 0.366 e. The van der Waals surface area contributed by atoms with E-state index in [1.807, 2.05) is 0 Å². The van der Waals surface area contributed by atoms with Crippen LogP contribution < -0.4 is 10.6 Å². The second kappa shape index (κ2) is 7.38. The summed E-state index contributed by atoms with van der Waals surface area (Å²) in [4.78, 5) is 14.6. The molecule has 2 fully saturated rings. The molecule has 4 atom stereocenters. The fourth-order valence-corrected chi connectivity index (χ4v) is 3.44. The van der Waals surface area contributed by atoms with Crippen LogP contribution in [0.1, 0.15) is 27.2 Å². The SMILES string of the molecule is CC1CC(C)CN(CC(C)NC(=O)C2CNCCO2)C1. The molecule has 2 saturated heterocycles. The predicted octanol–water partition coefficient (Wildman–Crippen LogP) is 0.457. The minimum Gasteiger partial charge on any atom is -0.366 e. The van der Waals surface area contributed by atoms with Crippen molar-refractivity contribution in [2.24, 2.45) is 11.8 Å². The molecule has 0 aromatic rings. The Bertz CT molecular complexity index is 308. The molecule has 0 saturated carbocycles. The van der Waals surface area contributed by atoms with Crippen LogP contribution in [0.5, 0.6) is 0 Å². The number of piperidine rings is 1. The van der Waals surface area contributed by atoms with Gasteiger partial charge in [-0.3, -0.25) is 4.79 Å². The molecule has 0 bridgehead atoms. The lowest BCUT2D eigenvalue weighted by Crippen LogP contribution is -2.52. The first-order valence-corrected chi connectivity index (χ1v) is 7.89. The fourth-order valence-electron chi connectivity index (χ4n) is 3.44. The highest BCUT2D eigenvalue weighted by Gasteiger charge is 2.26. The molecule has 0 aliphatic carbocycles. The number of rotatable bonds is 4. The molecule has 2 aliphatic rings. The third kappa shape index (κ3) is 4.72. The highest BCUT2D eigenvalue weighted by atomic mass is 16.5. The maximum absolute atomic E-state index is 12.1. The summed E-state index contributed by atoms with van der Waals surface area (Å²) < 4.78 is 5.48. The minimum absolute atomic E-state index is 0.0165. The molecule has 0 aromatic heterocycles. The van der Waals surface area contributed by atoms with Gasteiger partial charge in [0.05, 0.1) is 6.61 Å². The molecule has 2 aliphatic heterocycles. The van der Waals surface area contributed by atoms with Gasteiger partial charge in [-0.1, -0.05) is 13.8 Å². The van der Waals surface area contributed by atoms with Crippen LogP contribution >= 0.6 is 0 Å². The van der Waals surface area contributed by atoms with Gasteiger partial charge in [-0.05, 0) is 25.2 Å². The van der Waals surface area contributed by atoms with E-state index < -0.39 is 0 Å². The van der Waals surface area contributed by atoms with Crippen molar-refractivity contribution >= 4 is 5.91 Å². The number of morpholine rings is 1. The van der Waals surface area contributed by atoms with Crippen molar-refractivity contribution in [3.63, 3.8) is 0 Å². The zero-order chi connectivity index (χ0) is 14.5. The van der Waals surface area contributed by atoms with E-state index >= 15 is 0 Å². The second-order valence-electron chi connectivity index (χ2n) is 6.64. The van der Waals surface area contributed by atoms with Crippen molar-refractivity contribution in [2.75, 3.05) is 39.3 Å². The minimum atomic E-state index is -0.328. The van der Waals surface area contributed by atoms with E-state index in [1.165, 1.54) is 6.42 Å². The van der Waals surface area contributed by atoms with Gasteiger partial charge in [0.25, 0.3) is 5.91 Å². The van der Waals surface area contributed by atoms with Crippen LogP contribution in [0.15, 0.2) is 0 Å². The molecular formula is C15H29N3O2. The molecular weight excluding hydrogens is 254 g/mol. The van der Waals surface area contributed by atoms with Crippen molar-refractivity contribution in [3.8, 4) is 0 Å². The van der Waals surface area contributed by atoms with Crippen molar-refractivity contribution < 1.29 is 9.53 Å². The number of nitrogens with one attached hydrogen (secondary N) is 2. The fraction of sp³-hybridized carbons (Fsp3) is 0.933. The van der Waals surface area contributed by atoms with Crippen LogP contribution in [0.4, 0.5) is 0 Å². The summed E-state index contributed by atoms with van der Waals surface area (Å²) in [5, 5.41) is 6.27. The molecule has 0 radical (unpaired) electrons. The van der Waals surface area contributed by atoms with E-state index in [2.05, 4.69) is 36.3 Å². The van der Waals surface area contributed by atoms with Crippen LogP contribution in [-0.4, -0.2) is 62.3 Å². The van der Waals surface area contributed by atoms with E-state index in [-0.39, 0.29) is 18.1 Å². The van der Waals surface area contributed by atoms with Gasteiger partial charge in [-0.15, -0.1) is 0 Å². The second-order valence-corrected chi connectivity index (χ2v) is 6.64. The van der Waals surface area contributed by atoms with Crippen molar-refractivity contribution in [1.82, 2.24) is 15.5 Å². The van der Waals surface area contributed by atoms with Crippen LogP contribution in [0, 0.1) is 11.8 Å². The van der Waals surface area contributed by atoms with E-state index in [4.69, 9.17) is 4.74 Å². The quantitative estimate of drug-likeness (QED) is 0.787. The van der Waals surface area contributed by atoms with Crippen LogP contribution in [0.3, 0.4) is 0 Å². The van der Waals surface area contributed by atoms with Gasteiger partial charge in [0.15, 0.2) is 0 Å². The first kappa shape index (κ1) is 15.7. The molecule has 116 valence electrons. The Balaban J connectivity index is 1.73. The number of hydrogen-bond acceptors (Lipinski definition) is 4. The van der Waals surface area contributed by atoms with Crippen LogP contribution in [0.2, 0.25) is 0 Å². The number of ether oxygens (including phenoxy) is 1. The lowest BCUT2D eigenvalue weighted by Gasteiger charge is -2.36. The van der Waals surface area contributed by atoms with Gasteiger partial charge in [-0.25, -0.2) is 0 Å². The summed E-state index contributed by atoms with van der Waals surface area (Å²) in [6, 6.07) is 0.172. The van der Waals surface area contributed by atoms with E-state index in [9.17, 15) is 4.79 Å². The lowest BCUT2D eigenvalue weighted by molar-refractivity contribution is -0.135. The number of nitrogens with zero attached hydrogens (tertiary/aromatic N) is 1. The number of carbonyl (C=O) groups is 1. The third-order valence-corrected chi connectivity index (χ3v) is 4.09. The van der Waals surface area contributed by atoms with Gasteiger partial charge in [0.2, 0.25) is 0 Å². The summed E-state index contributed by atoms with van der Waals surface area (Å²) in [5.74, 6) is 1.53. The normalized spacial score (nSPS) is 33.6. The van der Waals surface area contributed by atoms with Gasteiger partial charge >= 0.3 is 0 Å². The smallest absolute Gasteiger partial charge is 0.250 e. The average molecular weight is 283 g/mol. The predicted molar refractivity (Wildman–Crippen MR) is 79.6 cm³/mol. The van der Waals surface area contributed by atoms with Gasteiger partial charge in [0.1, 0.15) is 6.10 Å². The number of hydrogen-bond donors (Lipinski definition) is 2. The van der Waals surface area contributed by atoms with Crippen molar-refractivity contribution in [3.05, 3.63) is 0 Å². The Morgan fingerprint density at radius 1 is 1.40 bits per heavy atom. The van der Waals surface area contributed by atoms with Gasteiger partial charge < -0.3 is 20.3 Å². The van der Waals surface area contributed by atoms with E-state index in [0.717, 1.165) is 38.0 Å².